The Morgan fingerprint density at radius 1 is 0.756 bits per heavy atom. The topological polar surface area (TPSA) is 196 Å². The number of sulfonamides is 2. The molecule has 1 aromatic heterocycles. The summed E-state index contributed by atoms with van der Waals surface area (Å²) in [6, 6.07) is 1.62. The number of aromatic nitrogens is 1. The van der Waals surface area contributed by atoms with Crippen LogP contribution >= 0.6 is 0 Å². The zero-order valence-electron chi connectivity index (χ0n) is 21.6. The third-order valence-corrected chi connectivity index (χ3v) is 5.52. The molecule has 2 aromatic rings. The van der Waals surface area contributed by atoms with Gasteiger partial charge in [0.2, 0.25) is 0 Å². The molecule has 0 unspecified atom stereocenters. The zero-order chi connectivity index (χ0) is 29.9. The number of alkyl halides is 9. The standard InChI is InChI=1S/C8H2F6N3O6S.C6H4F3N2O2S.FH.2K.2H/c9-7(10,11)4-1-3(16(18)19)2-5(17(20)21)6(4)15-24(22,23)8(12,13)14;7-6(8,9)14(12,13)11-5-1-3-10-4-2-5;;;;;/h1-2H;1-4H;1H;;;;/q2*-1;;2*+1;2*-1. The van der Waals surface area contributed by atoms with E-state index in [-0.39, 0.29) is 128 Å². The molecule has 2 rings (SSSR count). The predicted octanol–water partition coefficient (Wildman–Crippen LogP) is -0.301. The number of benzene rings is 1. The summed E-state index contributed by atoms with van der Waals surface area (Å²) in [5.74, 6) is 0. The Labute approximate surface area is 309 Å². The summed E-state index contributed by atoms with van der Waals surface area (Å²) in [7, 11) is -12.0. The average Bonchev–Trinajstić information content (AvgIpc) is 2.71. The van der Waals surface area contributed by atoms with E-state index in [9.17, 15) is 76.6 Å². The first-order valence-electron chi connectivity index (χ1n) is 8.43. The molecule has 1 aromatic carbocycles. The van der Waals surface area contributed by atoms with Gasteiger partial charge in [0.25, 0.3) is 11.4 Å². The Bertz CT molecular complexity index is 1440. The van der Waals surface area contributed by atoms with Crippen molar-refractivity contribution < 1.29 is 177 Å². The largest absolute Gasteiger partial charge is 1.00 e. The minimum atomic E-state index is -6.57. The van der Waals surface area contributed by atoms with Crippen molar-refractivity contribution in [1.82, 2.24) is 4.98 Å². The molecule has 0 N–H and O–H groups in total. The number of halogens is 10. The number of hydrogen-bond acceptors (Lipinski definition) is 9. The molecular weight excluding hydrogens is 698 g/mol. The summed E-state index contributed by atoms with van der Waals surface area (Å²) in [6.07, 6.45) is -3.37. The Balaban J connectivity index is -0.000000221. The van der Waals surface area contributed by atoms with E-state index in [1.807, 2.05) is 4.72 Å². The second kappa shape index (κ2) is 16.4. The van der Waals surface area contributed by atoms with Crippen molar-refractivity contribution in [2.75, 3.05) is 0 Å². The fourth-order valence-electron chi connectivity index (χ4n) is 1.93. The van der Waals surface area contributed by atoms with Gasteiger partial charge in [-0.15, -0.1) is 5.69 Å². The second-order valence-electron chi connectivity index (χ2n) is 6.10. The molecule has 0 atom stereocenters. The summed E-state index contributed by atoms with van der Waals surface area (Å²) in [5.41, 5.74) is -19.8. The van der Waals surface area contributed by atoms with Gasteiger partial charge in [0.05, 0.1) is 21.5 Å². The maximum atomic E-state index is 12.8. The van der Waals surface area contributed by atoms with Crippen LogP contribution in [0, 0.1) is 20.2 Å². The van der Waals surface area contributed by atoms with Gasteiger partial charge < -0.3 is 12.3 Å². The third-order valence-electron chi connectivity index (χ3n) is 3.47. The number of non-ortho nitro benzene ring substituents is 1. The Kier molecular flexibility index (Phi) is 17.8. The molecule has 13 nitrogen and oxygen atoms in total. The smallest absolute Gasteiger partial charge is 1.00 e. The van der Waals surface area contributed by atoms with Crippen LogP contribution in [0.25, 0.3) is 9.44 Å². The molecular formula is C14H9F10K2N5O8S2-2. The number of hydrogen-bond donors (Lipinski definition) is 0. The van der Waals surface area contributed by atoms with Gasteiger partial charge in [0.1, 0.15) is 0 Å². The van der Waals surface area contributed by atoms with Crippen LogP contribution in [0.5, 0.6) is 0 Å². The van der Waals surface area contributed by atoms with Gasteiger partial charge in [0, 0.05) is 18.5 Å². The summed E-state index contributed by atoms with van der Waals surface area (Å²) < 4.78 is 158. The fraction of sp³-hybridized carbons (Fsp3) is 0.214. The van der Waals surface area contributed by atoms with Crippen molar-refractivity contribution in [2.24, 2.45) is 0 Å². The molecule has 0 spiro atoms. The monoisotopic (exact) mass is 707 g/mol. The van der Waals surface area contributed by atoms with Crippen molar-refractivity contribution in [3.05, 3.63) is 71.9 Å². The van der Waals surface area contributed by atoms with Gasteiger partial charge in [-0.3, -0.25) is 29.9 Å². The van der Waals surface area contributed by atoms with Crippen molar-refractivity contribution in [3.63, 3.8) is 0 Å². The van der Waals surface area contributed by atoms with Gasteiger partial charge in [-0.05, 0) is 5.69 Å². The van der Waals surface area contributed by atoms with E-state index in [4.69, 9.17) is 0 Å². The van der Waals surface area contributed by atoms with E-state index >= 15 is 0 Å². The number of nitrogens with zero attached hydrogens (tertiary/aromatic N) is 5. The van der Waals surface area contributed by atoms with Gasteiger partial charge >= 0.3 is 120 Å². The molecule has 224 valence electrons. The van der Waals surface area contributed by atoms with E-state index in [0.717, 1.165) is 24.5 Å². The van der Waals surface area contributed by atoms with E-state index in [2.05, 4.69) is 9.71 Å². The zero-order valence-corrected chi connectivity index (χ0v) is 27.5. The van der Waals surface area contributed by atoms with Crippen LogP contribution in [-0.4, -0.2) is 42.7 Å². The van der Waals surface area contributed by atoms with E-state index in [1.54, 1.807) is 0 Å². The Hall–Kier alpha value is -0.757. The van der Waals surface area contributed by atoms with E-state index in [1.165, 1.54) is 0 Å². The normalized spacial score (nSPS) is 11.7. The molecule has 0 aliphatic carbocycles. The Morgan fingerprint density at radius 2 is 1.17 bits per heavy atom. The predicted molar refractivity (Wildman–Crippen MR) is 110 cm³/mol. The second-order valence-corrected chi connectivity index (χ2v) is 9.29. The first kappa shape index (κ1) is 44.7. The van der Waals surface area contributed by atoms with Crippen molar-refractivity contribution in [1.29, 1.82) is 0 Å². The van der Waals surface area contributed by atoms with Crippen LogP contribution in [0.1, 0.15) is 8.42 Å². The number of nitro groups is 2. The number of nitro benzene ring substituents is 2. The molecule has 0 saturated heterocycles. The molecule has 41 heavy (non-hydrogen) atoms. The van der Waals surface area contributed by atoms with Crippen LogP contribution in [0.2, 0.25) is 0 Å². The van der Waals surface area contributed by atoms with E-state index in [0.29, 0.717) is 0 Å². The van der Waals surface area contributed by atoms with Crippen molar-refractivity contribution in [2.45, 2.75) is 17.2 Å². The molecule has 0 radical (unpaired) electrons. The van der Waals surface area contributed by atoms with Crippen LogP contribution in [0.15, 0.2) is 36.7 Å². The molecule has 27 heteroatoms. The molecule has 0 fully saturated rings. The van der Waals surface area contributed by atoms with Gasteiger partial charge in [-0.25, -0.2) is 16.8 Å². The van der Waals surface area contributed by atoms with Crippen LogP contribution in [0.3, 0.4) is 0 Å². The van der Waals surface area contributed by atoms with Gasteiger partial charge in [0.15, 0.2) is 20.0 Å². The van der Waals surface area contributed by atoms with Crippen LogP contribution in [-0.2, 0) is 26.2 Å². The summed E-state index contributed by atoms with van der Waals surface area (Å²) in [4.78, 5) is 21.5. The number of rotatable bonds is 6. The van der Waals surface area contributed by atoms with Crippen LogP contribution < -0.4 is 103 Å². The van der Waals surface area contributed by atoms with Crippen molar-refractivity contribution in [3.8, 4) is 0 Å². The average molecular weight is 708 g/mol. The number of pyridine rings is 1. The third kappa shape index (κ3) is 12.8. The molecule has 1 heterocycles. The molecule has 0 aliphatic heterocycles. The van der Waals surface area contributed by atoms with Gasteiger partial charge in [-0.2, -0.15) is 39.5 Å². The van der Waals surface area contributed by atoms with Crippen molar-refractivity contribution >= 4 is 42.8 Å². The fourth-order valence-corrected chi connectivity index (χ4v) is 2.97. The molecule has 0 saturated carbocycles. The summed E-state index contributed by atoms with van der Waals surface area (Å²) in [6.45, 7) is 0. The van der Waals surface area contributed by atoms with Crippen LogP contribution in [0.4, 0.5) is 67.0 Å². The molecule has 0 bridgehead atoms. The molecule has 0 aliphatic rings. The first-order chi connectivity index (χ1) is 16.9. The van der Waals surface area contributed by atoms with E-state index < -0.39 is 69.7 Å². The quantitative estimate of drug-likeness (QED) is 0.168. The maximum Gasteiger partial charge on any atom is 1.00 e. The summed E-state index contributed by atoms with van der Waals surface area (Å²) >= 11 is 0. The maximum absolute atomic E-state index is 12.8. The minimum Gasteiger partial charge on any atom is -1.00 e. The minimum absolute atomic E-state index is 0. The first-order valence-corrected chi connectivity index (χ1v) is 11.3. The Morgan fingerprint density at radius 3 is 1.51 bits per heavy atom. The SMILES string of the molecule is F.O=S(=O)([N-]c1ccncc1)C(F)(F)F.O=[N+]([O-])c1cc([N+](=O)[O-])c([N-]S(=O)(=O)C(F)(F)F)c(C(F)(F)F)c1.[H-].[H-].[K+].[K+]. The molecule has 0 amide bonds. The van der Waals surface area contributed by atoms with Gasteiger partial charge in [-0.1, -0.05) is 12.1 Å². The summed E-state index contributed by atoms with van der Waals surface area (Å²) in [5, 5.41) is 21.2.